The lowest BCUT2D eigenvalue weighted by Crippen LogP contribution is -2.52. The van der Waals surface area contributed by atoms with Crippen LogP contribution in [0.2, 0.25) is 0 Å². The molecule has 0 unspecified atom stereocenters. The van der Waals surface area contributed by atoms with Gasteiger partial charge in [-0.2, -0.15) is 0 Å². The van der Waals surface area contributed by atoms with Crippen molar-refractivity contribution in [3.8, 4) is 0 Å². The predicted molar refractivity (Wildman–Crippen MR) is 57.5 cm³/mol. The van der Waals surface area contributed by atoms with Crippen LogP contribution in [0.3, 0.4) is 0 Å². The summed E-state index contributed by atoms with van der Waals surface area (Å²) in [6, 6.07) is 0. The Kier molecular flexibility index (Phi) is 3.50. The first-order chi connectivity index (χ1) is 6.02. The van der Waals surface area contributed by atoms with Crippen molar-refractivity contribution < 1.29 is 4.74 Å². The van der Waals surface area contributed by atoms with E-state index in [2.05, 4.69) is 19.2 Å². The summed E-state index contributed by atoms with van der Waals surface area (Å²) in [6.45, 7) is 5.99. The first-order valence-electron chi connectivity index (χ1n) is 4.68. The maximum absolute atomic E-state index is 5.47. The molecule has 0 bridgehead atoms. The highest BCUT2D eigenvalue weighted by Gasteiger charge is 2.30. The molecule has 4 heteroatoms. The fourth-order valence-corrected chi connectivity index (χ4v) is 2.10. The fourth-order valence-electron chi connectivity index (χ4n) is 1.84. The summed E-state index contributed by atoms with van der Waals surface area (Å²) in [5, 5.41) is 3.53. The third-order valence-electron chi connectivity index (χ3n) is 2.69. The van der Waals surface area contributed by atoms with Crippen LogP contribution in [0.1, 0.15) is 26.7 Å². The van der Waals surface area contributed by atoms with Gasteiger partial charge >= 0.3 is 0 Å². The Bertz CT molecular complexity index is 188. The van der Waals surface area contributed by atoms with Gasteiger partial charge in [0.2, 0.25) is 0 Å². The Hall–Kier alpha value is -0.350. The van der Waals surface area contributed by atoms with Gasteiger partial charge in [0.15, 0.2) is 5.11 Å². The van der Waals surface area contributed by atoms with Gasteiger partial charge in [-0.1, -0.05) is 0 Å². The van der Waals surface area contributed by atoms with Gasteiger partial charge in [-0.15, -0.1) is 0 Å². The maximum atomic E-state index is 5.47. The Morgan fingerprint density at radius 2 is 2.00 bits per heavy atom. The monoisotopic (exact) mass is 202 g/mol. The Morgan fingerprint density at radius 3 is 2.46 bits per heavy atom. The molecule has 0 aliphatic carbocycles. The second-order valence-corrected chi connectivity index (χ2v) is 4.54. The van der Waals surface area contributed by atoms with E-state index < -0.39 is 0 Å². The van der Waals surface area contributed by atoms with E-state index in [1.165, 1.54) is 0 Å². The van der Waals surface area contributed by atoms with Gasteiger partial charge in [0, 0.05) is 18.8 Å². The topological polar surface area (TPSA) is 47.3 Å². The van der Waals surface area contributed by atoms with Crippen LogP contribution in [0.4, 0.5) is 0 Å². The van der Waals surface area contributed by atoms with Crippen molar-refractivity contribution in [3.63, 3.8) is 0 Å². The van der Waals surface area contributed by atoms with Crippen molar-refractivity contribution >= 4 is 17.3 Å². The van der Waals surface area contributed by atoms with Crippen LogP contribution in [0, 0.1) is 5.92 Å². The fraction of sp³-hybridized carbons (Fsp3) is 0.889. The zero-order valence-corrected chi connectivity index (χ0v) is 9.12. The van der Waals surface area contributed by atoms with Crippen LogP contribution in [-0.2, 0) is 4.74 Å². The average molecular weight is 202 g/mol. The van der Waals surface area contributed by atoms with Crippen molar-refractivity contribution in [3.05, 3.63) is 0 Å². The molecule has 76 valence electrons. The van der Waals surface area contributed by atoms with Crippen LogP contribution >= 0.6 is 12.2 Å². The number of hydrogen-bond donors (Lipinski definition) is 2. The van der Waals surface area contributed by atoms with Crippen LogP contribution in [0.25, 0.3) is 0 Å². The molecule has 13 heavy (non-hydrogen) atoms. The number of ether oxygens (including phenoxy) is 1. The second-order valence-electron chi connectivity index (χ2n) is 4.10. The van der Waals surface area contributed by atoms with Gasteiger partial charge in [-0.3, -0.25) is 0 Å². The van der Waals surface area contributed by atoms with Crippen LogP contribution in [0.15, 0.2) is 0 Å². The minimum absolute atomic E-state index is 0.00435. The quantitative estimate of drug-likeness (QED) is 0.656. The Balaban J connectivity index is 2.50. The smallest absolute Gasteiger partial charge is 0.164 e. The summed E-state index contributed by atoms with van der Waals surface area (Å²) in [6.07, 6.45) is 2.17. The van der Waals surface area contributed by atoms with Crippen molar-refractivity contribution in [2.75, 3.05) is 13.2 Å². The molecule has 3 N–H and O–H groups in total. The van der Waals surface area contributed by atoms with Crippen LogP contribution in [-0.4, -0.2) is 23.9 Å². The standard InChI is InChI=1S/C9H18N2OS/c1-9(2,11-8(10)13)7-3-5-12-6-4-7/h7H,3-6H2,1-2H3,(H3,10,11,13). The maximum Gasteiger partial charge on any atom is 0.164 e. The van der Waals surface area contributed by atoms with E-state index in [1.54, 1.807) is 0 Å². The highest BCUT2D eigenvalue weighted by atomic mass is 32.1. The Morgan fingerprint density at radius 1 is 1.46 bits per heavy atom. The molecule has 1 saturated heterocycles. The minimum atomic E-state index is -0.00435. The number of hydrogen-bond acceptors (Lipinski definition) is 2. The lowest BCUT2D eigenvalue weighted by Gasteiger charge is -2.37. The Labute approximate surface area is 85.0 Å². The third-order valence-corrected chi connectivity index (χ3v) is 2.79. The van der Waals surface area contributed by atoms with Crippen molar-refractivity contribution in [2.24, 2.45) is 11.7 Å². The summed E-state index contributed by atoms with van der Waals surface area (Å²) < 4.78 is 5.31. The van der Waals surface area contributed by atoms with E-state index in [4.69, 9.17) is 22.7 Å². The molecule has 0 aromatic heterocycles. The average Bonchev–Trinajstić information content (AvgIpc) is 2.04. The van der Waals surface area contributed by atoms with E-state index in [0.29, 0.717) is 11.0 Å². The summed E-state index contributed by atoms with van der Waals surface area (Å²) in [4.78, 5) is 0. The van der Waals surface area contributed by atoms with Gasteiger partial charge < -0.3 is 15.8 Å². The molecule has 1 heterocycles. The molecule has 3 nitrogen and oxygen atoms in total. The largest absolute Gasteiger partial charge is 0.381 e. The van der Waals surface area contributed by atoms with E-state index >= 15 is 0 Å². The van der Waals surface area contributed by atoms with Crippen LogP contribution < -0.4 is 11.1 Å². The van der Waals surface area contributed by atoms with Gasteiger partial charge in [-0.25, -0.2) is 0 Å². The van der Waals surface area contributed by atoms with Gasteiger partial charge in [-0.05, 0) is 44.8 Å². The summed E-state index contributed by atoms with van der Waals surface area (Å²) in [5.74, 6) is 0.600. The van der Waals surface area contributed by atoms with Gasteiger partial charge in [0.1, 0.15) is 0 Å². The molecule has 1 aliphatic heterocycles. The van der Waals surface area contributed by atoms with Crippen molar-refractivity contribution in [2.45, 2.75) is 32.2 Å². The lowest BCUT2D eigenvalue weighted by molar-refractivity contribution is 0.0414. The summed E-state index contributed by atoms with van der Waals surface area (Å²) in [5.41, 5.74) is 5.47. The van der Waals surface area contributed by atoms with E-state index in [0.717, 1.165) is 26.1 Å². The van der Waals surface area contributed by atoms with E-state index in [-0.39, 0.29) is 5.54 Å². The number of rotatable bonds is 2. The van der Waals surface area contributed by atoms with Crippen molar-refractivity contribution in [1.29, 1.82) is 0 Å². The summed E-state index contributed by atoms with van der Waals surface area (Å²) >= 11 is 4.85. The molecule has 0 saturated carbocycles. The number of nitrogens with one attached hydrogen (secondary N) is 1. The van der Waals surface area contributed by atoms with Gasteiger partial charge in [0.05, 0.1) is 0 Å². The molecular weight excluding hydrogens is 184 g/mol. The zero-order valence-electron chi connectivity index (χ0n) is 8.30. The second kappa shape index (κ2) is 4.24. The molecule has 0 radical (unpaired) electrons. The first-order valence-corrected chi connectivity index (χ1v) is 5.08. The number of thiocarbonyl (C=S) groups is 1. The minimum Gasteiger partial charge on any atom is -0.381 e. The first kappa shape index (κ1) is 10.7. The lowest BCUT2D eigenvalue weighted by atomic mass is 9.82. The molecule has 0 aromatic rings. The predicted octanol–water partition coefficient (Wildman–Crippen LogP) is 1.02. The highest BCUT2D eigenvalue weighted by Crippen LogP contribution is 2.26. The van der Waals surface area contributed by atoms with Crippen LogP contribution in [0.5, 0.6) is 0 Å². The van der Waals surface area contributed by atoms with Gasteiger partial charge in [0.25, 0.3) is 0 Å². The SMILES string of the molecule is CC(C)(NC(N)=S)C1CCOCC1. The molecule has 0 aromatic carbocycles. The highest BCUT2D eigenvalue weighted by molar-refractivity contribution is 7.80. The van der Waals surface area contributed by atoms with E-state index in [1.807, 2.05) is 0 Å². The molecule has 1 rings (SSSR count). The normalized spacial score (nSPS) is 19.8. The molecular formula is C9H18N2OS. The zero-order chi connectivity index (χ0) is 9.90. The molecule has 1 aliphatic rings. The molecule has 1 fully saturated rings. The number of nitrogens with two attached hydrogens (primary N) is 1. The van der Waals surface area contributed by atoms with Crippen molar-refractivity contribution in [1.82, 2.24) is 5.32 Å². The van der Waals surface area contributed by atoms with E-state index in [9.17, 15) is 0 Å². The summed E-state index contributed by atoms with van der Waals surface area (Å²) in [7, 11) is 0. The molecule has 0 amide bonds. The molecule has 0 spiro atoms. The third kappa shape index (κ3) is 3.12. The molecule has 0 atom stereocenters.